The van der Waals surface area contributed by atoms with Crippen LogP contribution >= 0.6 is 11.3 Å². The van der Waals surface area contributed by atoms with Crippen molar-refractivity contribution in [3.05, 3.63) is 65.0 Å². The van der Waals surface area contributed by atoms with E-state index in [0.717, 1.165) is 16.8 Å². The molecule has 2 amide bonds. The number of thiazole rings is 1. The summed E-state index contributed by atoms with van der Waals surface area (Å²) in [5.41, 5.74) is 3.14. The molecule has 1 heterocycles. The Morgan fingerprint density at radius 2 is 1.84 bits per heavy atom. The normalized spacial score (nSPS) is 11.6. The van der Waals surface area contributed by atoms with Crippen molar-refractivity contribution in [3.63, 3.8) is 0 Å². The van der Waals surface area contributed by atoms with E-state index in [2.05, 4.69) is 15.6 Å². The predicted octanol–water partition coefficient (Wildman–Crippen LogP) is 4.28. The minimum absolute atomic E-state index is 0.0667. The smallest absolute Gasteiger partial charge is 0.261 e. The van der Waals surface area contributed by atoms with E-state index in [-0.39, 0.29) is 17.9 Å². The van der Waals surface area contributed by atoms with Gasteiger partial charge in [0.2, 0.25) is 5.91 Å². The van der Waals surface area contributed by atoms with Gasteiger partial charge in [0.15, 0.2) is 5.13 Å². The molecule has 3 rings (SSSR count). The van der Waals surface area contributed by atoms with Crippen LogP contribution < -0.4 is 15.4 Å². The summed E-state index contributed by atoms with van der Waals surface area (Å²) in [6.07, 6.45) is 0. The van der Waals surface area contributed by atoms with E-state index in [1.54, 1.807) is 25.3 Å². The predicted molar refractivity (Wildman–Crippen MR) is 122 cm³/mol. The molecule has 3 aromatic rings. The van der Waals surface area contributed by atoms with Gasteiger partial charge in [0, 0.05) is 25.0 Å². The van der Waals surface area contributed by atoms with Gasteiger partial charge in [-0.25, -0.2) is 4.98 Å². The summed E-state index contributed by atoms with van der Waals surface area (Å²) >= 11 is 1.35. The quantitative estimate of drug-likeness (QED) is 0.486. The van der Waals surface area contributed by atoms with Crippen LogP contribution in [-0.4, -0.2) is 37.1 Å². The van der Waals surface area contributed by atoms with E-state index in [4.69, 9.17) is 9.47 Å². The number of carbonyl (C=O) groups excluding carboxylic acids is 2. The Morgan fingerprint density at radius 1 is 1.10 bits per heavy atom. The number of amides is 2. The zero-order valence-electron chi connectivity index (χ0n) is 17.7. The molecule has 0 aliphatic heterocycles. The van der Waals surface area contributed by atoms with Crippen LogP contribution in [0, 0.1) is 0 Å². The number of benzene rings is 2. The minimum atomic E-state index is -0.284. The average molecular weight is 440 g/mol. The average Bonchev–Trinajstić information content (AvgIpc) is 3.22. The Labute approximate surface area is 185 Å². The molecular weight excluding hydrogens is 414 g/mol. The fraction of sp³-hybridized carbons (Fsp3) is 0.261. The first kappa shape index (κ1) is 22.5. The van der Waals surface area contributed by atoms with Crippen LogP contribution in [0.1, 0.15) is 35.8 Å². The number of anilines is 1. The number of hydrogen-bond donors (Lipinski definition) is 2. The van der Waals surface area contributed by atoms with Crippen molar-refractivity contribution < 1.29 is 19.1 Å². The second-order valence-electron chi connectivity index (χ2n) is 6.87. The monoisotopic (exact) mass is 439 g/mol. The summed E-state index contributed by atoms with van der Waals surface area (Å²) in [7, 11) is 1.60. The van der Waals surface area contributed by atoms with Crippen LogP contribution in [0.3, 0.4) is 0 Å². The summed E-state index contributed by atoms with van der Waals surface area (Å²) in [4.78, 5) is 28.5. The van der Waals surface area contributed by atoms with Crippen molar-refractivity contribution >= 4 is 28.3 Å². The van der Waals surface area contributed by atoms with Crippen molar-refractivity contribution in [2.24, 2.45) is 0 Å². The second kappa shape index (κ2) is 10.7. The summed E-state index contributed by atoms with van der Waals surface area (Å²) in [6.45, 7) is 4.23. The Bertz CT molecular complexity index is 1030. The molecule has 0 fully saturated rings. The highest BCUT2D eigenvalue weighted by atomic mass is 32.1. The molecule has 162 valence electrons. The molecular formula is C23H25N3O4S. The van der Waals surface area contributed by atoms with Crippen LogP contribution in [0.5, 0.6) is 5.75 Å². The fourth-order valence-corrected chi connectivity index (χ4v) is 3.69. The van der Waals surface area contributed by atoms with Gasteiger partial charge in [0.25, 0.3) is 5.91 Å². The van der Waals surface area contributed by atoms with Crippen LogP contribution in [0.15, 0.2) is 53.9 Å². The first-order valence-corrected chi connectivity index (χ1v) is 10.7. The third-order valence-corrected chi connectivity index (χ3v) is 5.29. The summed E-state index contributed by atoms with van der Waals surface area (Å²) < 4.78 is 10.6. The molecule has 1 aromatic heterocycles. The number of rotatable bonds is 9. The van der Waals surface area contributed by atoms with Gasteiger partial charge in [0.1, 0.15) is 12.4 Å². The number of nitrogens with zero attached hydrogens (tertiary/aromatic N) is 1. The van der Waals surface area contributed by atoms with E-state index < -0.39 is 0 Å². The summed E-state index contributed by atoms with van der Waals surface area (Å²) in [6, 6.07) is 14.8. The molecule has 1 atom stereocenters. The number of para-hydroxylation sites is 1. The van der Waals surface area contributed by atoms with E-state index in [0.29, 0.717) is 29.7 Å². The highest BCUT2D eigenvalue weighted by molar-refractivity contribution is 7.14. The van der Waals surface area contributed by atoms with Gasteiger partial charge in [-0.1, -0.05) is 36.4 Å². The summed E-state index contributed by atoms with van der Waals surface area (Å²) in [5, 5.41) is 8.10. The molecule has 2 N–H and O–H groups in total. The van der Waals surface area contributed by atoms with E-state index in [1.807, 2.05) is 42.6 Å². The Kier molecular flexibility index (Phi) is 7.75. The molecule has 0 aliphatic carbocycles. The van der Waals surface area contributed by atoms with Crippen molar-refractivity contribution in [3.8, 4) is 17.0 Å². The van der Waals surface area contributed by atoms with Gasteiger partial charge < -0.3 is 14.8 Å². The van der Waals surface area contributed by atoms with E-state index >= 15 is 0 Å². The van der Waals surface area contributed by atoms with Crippen LogP contribution in [0.25, 0.3) is 11.3 Å². The Hall–Kier alpha value is -3.23. The number of ether oxygens (including phenoxy) is 2. The Morgan fingerprint density at radius 3 is 2.55 bits per heavy atom. The van der Waals surface area contributed by atoms with Crippen LogP contribution in [-0.2, 0) is 9.53 Å². The molecule has 7 nitrogen and oxygen atoms in total. The molecule has 0 radical (unpaired) electrons. The maximum atomic E-state index is 12.7. The van der Waals surface area contributed by atoms with Crippen molar-refractivity contribution in [1.29, 1.82) is 0 Å². The highest BCUT2D eigenvalue weighted by Gasteiger charge is 2.15. The van der Waals surface area contributed by atoms with Gasteiger partial charge >= 0.3 is 0 Å². The largest absolute Gasteiger partial charge is 0.490 e. The molecule has 0 bridgehead atoms. The molecule has 0 saturated carbocycles. The van der Waals surface area contributed by atoms with Gasteiger partial charge in [-0.3, -0.25) is 14.9 Å². The molecule has 2 aromatic carbocycles. The van der Waals surface area contributed by atoms with E-state index in [9.17, 15) is 9.59 Å². The standard InChI is InChI=1S/C23H25N3O4S/c1-15(24-16(2)27)17-8-10-18(11-9-17)20-14-31-23(25-20)26-22(28)19-6-4-5-7-21(19)30-13-12-29-3/h4-11,14-15H,12-13H2,1-3H3,(H,24,27)(H,25,26,28). The third kappa shape index (κ3) is 6.13. The van der Waals surface area contributed by atoms with Crippen LogP contribution in [0.4, 0.5) is 5.13 Å². The molecule has 8 heteroatoms. The van der Waals surface area contributed by atoms with Gasteiger partial charge in [-0.15, -0.1) is 11.3 Å². The van der Waals surface area contributed by atoms with E-state index in [1.165, 1.54) is 18.3 Å². The number of nitrogens with one attached hydrogen (secondary N) is 2. The number of methoxy groups -OCH3 is 1. The lowest BCUT2D eigenvalue weighted by atomic mass is 10.1. The molecule has 0 aliphatic rings. The molecule has 0 saturated heterocycles. The van der Waals surface area contributed by atoms with Gasteiger partial charge in [-0.2, -0.15) is 0 Å². The SMILES string of the molecule is COCCOc1ccccc1C(=O)Nc1nc(-c2ccc(C(C)NC(C)=O)cc2)cs1. The zero-order valence-corrected chi connectivity index (χ0v) is 18.5. The van der Waals surface area contributed by atoms with Crippen LogP contribution in [0.2, 0.25) is 0 Å². The van der Waals surface area contributed by atoms with Crippen molar-refractivity contribution in [1.82, 2.24) is 10.3 Å². The lowest BCUT2D eigenvalue weighted by molar-refractivity contribution is -0.119. The Balaban J connectivity index is 1.68. The number of hydrogen-bond acceptors (Lipinski definition) is 6. The zero-order chi connectivity index (χ0) is 22.2. The first-order valence-electron chi connectivity index (χ1n) is 9.83. The molecule has 31 heavy (non-hydrogen) atoms. The maximum absolute atomic E-state index is 12.7. The minimum Gasteiger partial charge on any atom is -0.490 e. The molecule has 0 spiro atoms. The lowest BCUT2D eigenvalue weighted by Crippen LogP contribution is -2.23. The van der Waals surface area contributed by atoms with Gasteiger partial charge in [0.05, 0.1) is 23.9 Å². The fourth-order valence-electron chi connectivity index (χ4n) is 2.97. The topological polar surface area (TPSA) is 89.6 Å². The van der Waals surface area contributed by atoms with Crippen molar-refractivity contribution in [2.75, 3.05) is 25.6 Å². The number of aromatic nitrogens is 1. The first-order chi connectivity index (χ1) is 15.0. The molecule has 1 unspecified atom stereocenters. The highest BCUT2D eigenvalue weighted by Crippen LogP contribution is 2.27. The van der Waals surface area contributed by atoms with Crippen molar-refractivity contribution in [2.45, 2.75) is 19.9 Å². The van der Waals surface area contributed by atoms with Gasteiger partial charge in [-0.05, 0) is 24.6 Å². The second-order valence-corrected chi connectivity index (χ2v) is 7.73. The summed E-state index contributed by atoms with van der Waals surface area (Å²) in [5.74, 6) is 0.147. The lowest BCUT2D eigenvalue weighted by Gasteiger charge is -2.13. The number of carbonyl (C=O) groups is 2. The maximum Gasteiger partial charge on any atom is 0.261 e. The third-order valence-electron chi connectivity index (χ3n) is 4.53.